The highest BCUT2D eigenvalue weighted by Crippen LogP contribution is 2.31. The zero-order valence-corrected chi connectivity index (χ0v) is 14.0. The first kappa shape index (κ1) is 15.6. The molecule has 0 aromatic heterocycles. The lowest BCUT2D eigenvalue weighted by Crippen LogP contribution is -2.43. The summed E-state index contributed by atoms with van der Waals surface area (Å²) in [6, 6.07) is 22.0. The first-order valence-electron chi connectivity index (χ1n) is 8.35. The second kappa shape index (κ2) is 7.85. The van der Waals surface area contributed by atoms with E-state index >= 15 is 0 Å². The van der Waals surface area contributed by atoms with Crippen molar-refractivity contribution >= 4 is 12.6 Å². The van der Waals surface area contributed by atoms with Crippen LogP contribution in [0.3, 0.4) is 0 Å². The van der Waals surface area contributed by atoms with E-state index in [1.807, 2.05) is 0 Å². The van der Waals surface area contributed by atoms with Gasteiger partial charge < -0.3 is 0 Å². The van der Waals surface area contributed by atoms with Crippen molar-refractivity contribution in [3.8, 4) is 0 Å². The number of thiol groups is 1. The summed E-state index contributed by atoms with van der Waals surface area (Å²) in [7, 11) is 0. The molecule has 0 saturated carbocycles. The van der Waals surface area contributed by atoms with Gasteiger partial charge in [-0.25, -0.2) is 0 Å². The van der Waals surface area contributed by atoms with Crippen LogP contribution in [0.15, 0.2) is 60.7 Å². The highest BCUT2D eigenvalue weighted by molar-refractivity contribution is 7.80. The van der Waals surface area contributed by atoms with E-state index in [1.165, 1.54) is 43.5 Å². The van der Waals surface area contributed by atoms with E-state index in [4.69, 9.17) is 12.6 Å². The van der Waals surface area contributed by atoms with Crippen molar-refractivity contribution in [2.75, 3.05) is 13.1 Å². The molecule has 1 saturated heterocycles. The molecule has 116 valence electrons. The number of piperidine rings is 1. The lowest BCUT2D eigenvalue weighted by atomic mass is 9.95. The highest BCUT2D eigenvalue weighted by Gasteiger charge is 2.27. The number of hydrogen-bond acceptors (Lipinski definition) is 2. The summed E-state index contributed by atoms with van der Waals surface area (Å²) in [5, 5.41) is 0.263. The fourth-order valence-corrected chi connectivity index (χ4v) is 3.88. The minimum Gasteiger partial charge on any atom is -0.299 e. The Balaban J connectivity index is 1.81. The monoisotopic (exact) mass is 311 g/mol. The largest absolute Gasteiger partial charge is 0.299 e. The molecule has 22 heavy (non-hydrogen) atoms. The van der Waals surface area contributed by atoms with Gasteiger partial charge in [-0.05, 0) is 43.5 Å². The Morgan fingerprint density at radius 3 is 2.05 bits per heavy atom. The molecule has 2 aromatic rings. The molecule has 3 rings (SSSR count). The van der Waals surface area contributed by atoms with Gasteiger partial charge in [-0.1, -0.05) is 67.1 Å². The standard InChI is InChI=1S/C20H25NS/c22-20(18-12-6-2-7-13-18)19(21-14-8-3-9-15-21)16-17-10-4-1-5-11-17/h1-2,4-7,10-13,19-20,22H,3,8-9,14-16H2/t19-,20+/m0/s1. The third-order valence-electron chi connectivity index (χ3n) is 4.65. The van der Waals surface area contributed by atoms with Gasteiger partial charge in [-0.3, -0.25) is 4.90 Å². The number of rotatable bonds is 5. The molecule has 1 nitrogen and oxygen atoms in total. The molecule has 0 amide bonds. The number of likely N-dealkylation sites (tertiary alicyclic amines) is 1. The summed E-state index contributed by atoms with van der Waals surface area (Å²) in [6.45, 7) is 2.42. The van der Waals surface area contributed by atoms with Gasteiger partial charge in [0, 0.05) is 11.3 Å². The second-order valence-electron chi connectivity index (χ2n) is 6.21. The molecule has 0 aliphatic carbocycles. The summed E-state index contributed by atoms with van der Waals surface area (Å²) < 4.78 is 0. The molecular weight excluding hydrogens is 286 g/mol. The van der Waals surface area contributed by atoms with Gasteiger partial charge in [0.05, 0.1) is 0 Å². The van der Waals surface area contributed by atoms with E-state index in [0.29, 0.717) is 6.04 Å². The van der Waals surface area contributed by atoms with Crippen LogP contribution >= 0.6 is 12.6 Å². The fraction of sp³-hybridized carbons (Fsp3) is 0.400. The molecule has 0 unspecified atom stereocenters. The average molecular weight is 311 g/mol. The Labute approximate surface area is 139 Å². The van der Waals surface area contributed by atoms with Crippen molar-refractivity contribution in [2.45, 2.75) is 37.0 Å². The van der Waals surface area contributed by atoms with Gasteiger partial charge in [0.15, 0.2) is 0 Å². The molecular formula is C20H25NS. The maximum absolute atomic E-state index is 5.01. The number of benzene rings is 2. The smallest absolute Gasteiger partial charge is 0.0425 e. The third kappa shape index (κ3) is 3.93. The minimum absolute atomic E-state index is 0.263. The summed E-state index contributed by atoms with van der Waals surface area (Å²) >= 11 is 5.01. The van der Waals surface area contributed by atoms with E-state index < -0.39 is 0 Å². The van der Waals surface area contributed by atoms with Crippen LogP contribution in [0.4, 0.5) is 0 Å². The summed E-state index contributed by atoms with van der Waals surface area (Å²) in [5.41, 5.74) is 2.74. The van der Waals surface area contributed by atoms with Crippen LogP contribution < -0.4 is 0 Å². The van der Waals surface area contributed by atoms with E-state index in [9.17, 15) is 0 Å². The zero-order chi connectivity index (χ0) is 15.2. The Hall–Kier alpha value is -1.25. The molecule has 0 bridgehead atoms. The van der Waals surface area contributed by atoms with Gasteiger partial charge in [-0.15, -0.1) is 0 Å². The van der Waals surface area contributed by atoms with Gasteiger partial charge in [0.1, 0.15) is 0 Å². The molecule has 0 N–H and O–H groups in total. The Kier molecular flexibility index (Phi) is 5.58. The Bertz CT molecular complexity index is 548. The van der Waals surface area contributed by atoms with Crippen molar-refractivity contribution in [3.05, 3.63) is 71.8 Å². The lowest BCUT2D eigenvalue weighted by molar-refractivity contribution is 0.159. The molecule has 2 atom stereocenters. The van der Waals surface area contributed by atoms with E-state index in [-0.39, 0.29) is 5.25 Å². The normalized spacial score (nSPS) is 18.8. The van der Waals surface area contributed by atoms with Crippen molar-refractivity contribution in [1.82, 2.24) is 4.90 Å². The topological polar surface area (TPSA) is 3.24 Å². The van der Waals surface area contributed by atoms with Crippen LogP contribution in [0.1, 0.15) is 35.6 Å². The predicted molar refractivity (Wildman–Crippen MR) is 97.5 cm³/mol. The van der Waals surface area contributed by atoms with E-state index in [0.717, 1.165) is 6.42 Å². The van der Waals surface area contributed by atoms with Crippen LogP contribution in [0.25, 0.3) is 0 Å². The van der Waals surface area contributed by atoms with Crippen LogP contribution in [0.5, 0.6) is 0 Å². The second-order valence-corrected chi connectivity index (χ2v) is 6.77. The molecule has 0 radical (unpaired) electrons. The molecule has 1 heterocycles. The van der Waals surface area contributed by atoms with Crippen LogP contribution in [0.2, 0.25) is 0 Å². The van der Waals surface area contributed by atoms with Crippen molar-refractivity contribution in [2.24, 2.45) is 0 Å². The Morgan fingerprint density at radius 2 is 1.41 bits per heavy atom. The van der Waals surface area contributed by atoms with Crippen molar-refractivity contribution < 1.29 is 0 Å². The van der Waals surface area contributed by atoms with Crippen molar-refractivity contribution in [3.63, 3.8) is 0 Å². The van der Waals surface area contributed by atoms with Gasteiger partial charge in [0.2, 0.25) is 0 Å². The van der Waals surface area contributed by atoms with Gasteiger partial charge >= 0.3 is 0 Å². The molecule has 1 fully saturated rings. The molecule has 1 aliphatic rings. The summed E-state index contributed by atoms with van der Waals surface area (Å²) in [4.78, 5) is 2.65. The Morgan fingerprint density at radius 1 is 0.818 bits per heavy atom. The zero-order valence-electron chi connectivity index (χ0n) is 13.1. The quantitative estimate of drug-likeness (QED) is 0.780. The first-order chi connectivity index (χ1) is 10.8. The van der Waals surface area contributed by atoms with Crippen LogP contribution in [0, 0.1) is 0 Å². The average Bonchev–Trinajstić information content (AvgIpc) is 2.61. The molecule has 0 spiro atoms. The van der Waals surface area contributed by atoms with E-state index in [2.05, 4.69) is 65.6 Å². The molecule has 2 heteroatoms. The number of nitrogens with zero attached hydrogens (tertiary/aromatic N) is 1. The van der Waals surface area contributed by atoms with Crippen LogP contribution in [-0.4, -0.2) is 24.0 Å². The first-order valence-corrected chi connectivity index (χ1v) is 8.87. The third-order valence-corrected chi connectivity index (χ3v) is 5.30. The van der Waals surface area contributed by atoms with Crippen LogP contribution in [-0.2, 0) is 6.42 Å². The molecule has 1 aliphatic heterocycles. The lowest BCUT2D eigenvalue weighted by Gasteiger charge is -2.38. The fourth-order valence-electron chi connectivity index (χ4n) is 3.42. The van der Waals surface area contributed by atoms with Crippen molar-refractivity contribution in [1.29, 1.82) is 0 Å². The minimum atomic E-state index is 0.263. The maximum atomic E-state index is 5.01. The van der Waals surface area contributed by atoms with Gasteiger partial charge in [-0.2, -0.15) is 12.6 Å². The summed E-state index contributed by atoms with van der Waals surface area (Å²) in [6.07, 6.45) is 5.09. The van der Waals surface area contributed by atoms with Gasteiger partial charge in [0.25, 0.3) is 0 Å². The summed E-state index contributed by atoms with van der Waals surface area (Å²) in [5.74, 6) is 0. The molecule has 2 aromatic carbocycles. The SMILES string of the molecule is S[C@H](c1ccccc1)[C@H](Cc1ccccc1)N1CCCCC1. The highest BCUT2D eigenvalue weighted by atomic mass is 32.1. The van der Waals surface area contributed by atoms with E-state index in [1.54, 1.807) is 0 Å². The number of hydrogen-bond donors (Lipinski definition) is 1. The predicted octanol–water partition coefficient (Wildman–Crippen LogP) is 4.75. The maximum Gasteiger partial charge on any atom is 0.0425 e.